The summed E-state index contributed by atoms with van der Waals surface area (Å²) in [7, 11) is 0. The molecule has 0 saturated carbocycles. The molecule has 3 unspecified atom stereocenters. The van der Waals surface area contributed by atoms with E-state index in [2.05, 4.69) is 16.0 Å². The number of fused-ring (bicyclic) bond motifs is 2. The number of piperazine rings is 1. The molecule has 6 nitrogen and oxygen atoms in total. The summed E-state index contributed by atoms with van der Waals surface area (Å²) >= 11 is 0. The van der Waals surface area contributed by atoms with Gasteiger partial charge in [0.2, 0.25) is 5.91 Å². The van der Waals surface area contributed by atoms with E-state index in [-0.39, 0.29) is 29.5 Å². The Balaban J connectivity index is 1.27. The molecule has 2 fully saturated rings. The van der Waals surface area contributed by atoms with Crippen molar-refractivity contribution in [1.29, 1.82) is 5.26 Å². The monoisotopic (exact) mass is 434 g/mol. The SMILES string of the molecule is Cc1c(C2CN3CCN(C(=O)C4CCCc5ncccc54)CC3CO2)ccc(F)c1C#N. The minimum absolute atomic E-state index is 0.0888. The summed E-state index contributed by atoms with van der Waals surface area (Å²) in [6.45, 7) is 5.10. The second-order valence-corrected chi connectivity index (χ2v) is 8.99. The summed E-state index contributed by atoms with van der Waals surface area (Å²) in [5.41, 5.74) is 3.75. The topological polar surface area (TPSA) is 69.5 Å². The van der Waals surface area contributed by atoms with E-state index in [4.69, 9.17) is 4.74 Å². The van der Waals surface area contributed by atoms with E-state index < -0.39 is 5.82 Å². The summed E-state index contributed by atoms with van der Waals surface area (Å²) in [5, 5.41) is 9.28. The smallest absolute Gasteiger partial charge is 0.230 e. The zero-order valence-electron chi connectivity index (χ0n) is 18.3. The van der Waals surface area contributed by atoms with Crippen LogP contribution in [-0.2, 0) is 16.0 Å². The van der Waals surface area contributed by atoms with Gasteiger partial charge in [-0.15, -0.1) is 0 Å². The Morgan fingerprint density at radius 1 is 1.25 bits per heavy atom. The third kappa shape index (κ3) is 3.68. The van der Waals surface area contributed by atoms with Crippen LogP contribution in [0, 0.1) is 24.1 Å². The molecule has 0 N–H and O–H groups in total. The van der Waals surface area contributed by atoms with E-state index in [0.717, 1.165) is 42.6 Å². The highest BCUT2D eigenvalue weighted by atomic mass is 19.1. The highest BCUT2D eigenvalue weighted by molar-refractivity contribution is 5.84. The fourth-order valence-corrected chi connectivity index (χ4v) is 5.44. The van der Waals surface area contributed by atoms with E-state index in [1.54, 1.807) is 13.0 Å². The average molecular weight is 435 g/mol. The van der Waals surface area contributed by atoms with Crippen LogP contribution in [-0.4, -0.2) is 59.5 Å². The third-order valence-corrected chi connectivity index (χ3v) is 7.23. The number of aryl methyl sites for hydroxylation is 1. The molecule has 7 heteroatoms. The van der Waals surface area contributed by atoms with Gasteiger partial charge >= 0.3 is 0 Å². The van der Waals surface area contributed by atoms with Gasteiger partial charge in [0.15, 0.2) is 0 Å². The number of carbonyl (C=O) groups excluding carboxylic acids is 1. The number of benzene rings is 1. The van der Waals surface area contributed by atoms with Crippen LogP contribution in [0.5, 0.6) is 0 Å². The van der Waals surface area contributed by atoms with Crippen LogP contribution in [0.1, 0.15) is 52.8 Å². The van der Waals surface area contributed by atoms with Gasteiger partial charge in [0, 0.05) is 38.1 Å². The van der Waals surface area contributed by atoms with Gasteiger partial charge < -0.3 is 9.64 Å². The average Bonchev–Trinajstić information content (AvgIpc) is 2.83. The zero-order chi connectivity index (χ0) is 22.2. The number of carbonyl (C=O) groups is 1. The summed E-state index contributed by atoms with van der Waals surface area (Å²) < 4.78 is 20.1. The molecule has 32 heavy (non-hydrogen) atoms. The Morgan fingerprint density at radius 2 is 2.12 bits per heavy atom. The van der Waals surface area contributed by atoms with Gasteiger partial charge in [0.1, 0.15) is 11.9 Å². The van der Waals surface area contributed by atoms with Gasteiger partial charge in [-0.2, -0.15) is 5.26 Å². The second-order valence-electron chi connectivity index (χ2n) is 8.99. The van der Waals surface area contributed by atoms with Crippen LogP contribution in [0.3, 0.4) is 0 Å². The van der Waals surface area contributed by atoms with Crippen molar-refractivity contribution in [1.82, 2.24) is 14.8 Å². The van der Waals surface area contributed by atoms with Gasteiger partial charge in [0.25, 0.3) is 0 Å². The van der Waals surface area contributed by atoms with Gasteiger partial charge in [-0.05, 0) is 55.0 Å². The number of halogens is 1. The third-order valence-electron chi connectivity index (χ3n) is 7.23. The summed E-state index contributed by atoms with van der Waals surface area (Å²) in [4.78, 5) is 22.2. The Morgan fingerprint density at radius 3 is 2.97 bits per heavy atom. The Hall–Kier alpha value is -2.82. The van der Waals surface area contributed by atoms with E-state index >= 15 is 0 Å². The van der Waals surface area contributed by atoms with Crippen LogP contribution in [0.4, 0.5) is 4.39 Å². The van der Waals surface area contributed by atoms with Gasteiger partial charge in [-0.1, -0.05) is 12.1 Å². The predicted molar refractivity (Wildman–Crippen MR) is 116 cm³/mol. The highest BCUT2D eigenvalue weighted by Crippen LogP contribution is 2.34. The number of morpholine rings is 1. The number of amides is 1. The predicted octanol–water partition coefficient (Wildman–Crippen LogP) is 3.11. The first kappa shape index (κ1) is 21.0. The molecule has 2 saturated heterocycles. The first-order valence-electron chi connectivity index (χ1n) is 11.3. The molecule has 3 aliphatic rings. The van der Waals surface area contributed by atoms with E-state index in [1.807, 2.05) is 23.2 Å². The molecule has 3 atom stereocenters. The van der Waals surface area contributed by atoms with Crippen molar-refractivity contribution in [3.63, 3.8) is 0 Å². The molecule has 1 aromatic heterocycles. The molecular formula is C25H27FN4O2. The lowest BCUT2D eigenvalue weighted by Crippen LogP contribution is -2.60. The van der Waals surface area contributed by atoms with Crippen molar-refractivity contribution in [2.24, 2.45) is 0 Å². The minimum atomic E-state index is -0.492. The molecule has 2 aromatic rings. The summed E-state index contributed by atoms with van der Waals surface area (Å²) in [6.07, 6.45) is 4.44. The Bertz CT molecular complexity index is 1080. The second kappa shape index (κ2) is 8.61. The van der Waals surface area contributed by atoms with Crippen molar-refractivity contribution in [3.05, 3.63) is 64.2 Å². The Kier molecular flexibility index (Phi) is 5.66. The molecule has 1 aliphatic carbocycles. The molecule has 0 bridgehead atoms. The fraction of sp³-hybridized carbons (Fsp3) is 0.480. The van der Waals surface area contributed by atoms with E-state index in [0.29, 0.717) is 31.8 Å². The van der Waals surface area contributed by atoms with Gasteiger partial charge in [0.05, 0.1) is 30.2 Å². The van der Waals surface area contributed by atoms with Crippen LogP contribution in [0.2, 0.25) is 0 Å². The minimum Gasteiger partial charge on any atom is -0.370 e. The molecule has 0 spiro atoms. The quantitative estimate of drug-likeness (QED) is 0.727. The van der Waals surface area contributed by atoms with Gasteiger partial charge in [-0.3, -0.25) is 14.7 Å². The zero-order valence-corrected chi connectivity index (χ0v) is 18.3. The lowest BCUT2D eigenvalue weighted by atomic mass is 9.84. The van der Waals surface area contributed by atoms with E-state index in [9.17, 15) is 14.4 Å². The van der Waals surface area contributed by atoms with Crippen molar-refractivity contribution < 1.29 is 13.9 Å². The van der Waals surface area contributed by atoms with Gasteiger partial charge in [-0.25, -0.2) is 4.39 Å². The number of aromatic nitrogens is 1. The van der Waals surface area contributed by atoms with Crippen LogP contribution < -0.4 is 0 Å². The molecule has 1 aromatic carbocycles. The standard InChI is InChI=1S/C25H27FN4O2/c1-16-18(7-8-22(26)21(16)12-27)24-14-29-10-11-30(13-17(29)15-32-24)25(31)20-4-2-6-23-19(20)5-3-9-28-23/h3,5,7-9,17,20,24H,2,4,6,10-11,13-15H2,1H3. The van der Waals surface area contributed by atoms with Crippen molar-refractivity contribution in [2.75, 3.05) is 32.8 Å². The van der Waals surface area contributed by atoms with Crippen molar-refractivity contribution in [2.45, 2.75) is 44.2 Å². The maximum absolute atomic E-state index is 13.9. The lowest BCUT2D eigenvalue weighted by molar-refractivity contribution is -0.142. The van der Waals surface area contributed by atoms with E-state index in [1.165, 1.54) is 6.07 Å². The number of nitriles is 1. The summed E-state index contributed by atoms with van der Waals surface area (Å²) in [6, 6.07) is 9.17. The molecular weight excluding hydrogens is 407 g/mol. The molecule has 5 rings (SSSR count). The number of rotatable bonds is 2. The highest BCUT2D eigenvalue weighted by Gasteiger charge is 2.38. The number of nitrogens with zero attached hydrogens (tertiary/aromatic N) is 4. The summed E-state index contributed by atoms with van der Waals surface area (Å²) in [5.74, 6) is -0.384. The largest absolute Gasteiger partial charge is 0.370 e. The van der Waals surface area contributed by atoms with Crippen molar-refractivity contribution >= 4 is 5.91 Å². The van der Waals surface area contributed by atoms with Crippen LogP contribution in [0.15, 0.2) is 30.5 Å². The number of hydrogen-bond acceptors (Lipinski definition) is 5. The molecule has 3 heterocycles. The Labute approximate surface area is 187 Å². The maximum Gasteiger partial charge on any atom is 0.230 e. The normalized spacial score (nSPS) is 25.5. The number of hydrogen-bond donors (Lipinski definition) is 0. The first-order valence-corrected chi connectivity index (χ1v) is 11.3. The molecule has 2 aliphatic heterocycles. The molecule has 166 valence electrons. The maximum atomic E-state index is 13.9. The molecule has 1 amide bonds. The first-order chi connectivity index (χ1) is 15.6. The van der Waals surface area contributed by atoms with Crippen LogP contribution in [0.25, 0.3) is 0 Å². The number of pyridine rings is 1. The fourth-order valence-electron chi connectivity index (χ4n) is 5.44. The molecule has 0 radical (unpaired) electrons. The van der Waals surface area contributed by atoms with Crippen molar-refractivity contribution in [3.8, 4) is 6.07 Å². The lowest BCUT2D eigenvalue weighted by Gasteiger charge is -2.47. The number of ether oxygens (including phenoxy) is 1. The van der Waals surface area contributed by atoms with Crippen LogP contribution >= 0.6 is 0 Å².